The van der Waals surface area contributed by atoms with Crippen LogP contribution in [0.2, 0.25) is 0 Å². The van der Waals surface area contributed by atoms with Crippen molar-refractivity contribution in [1.82, 2.24) is 0 Å². The van der Waals surface area contributed by atoms with Gasteiger partial charge in [0.15, 0.2) is 0 Å². The molecule has 1 fully saturated rings. The highest BCUT2D eigenvalue weighted by Gasteiger charge is 2.72. The van der Waals surface area contributed by atoms with Crippen LogP contribution in [0.25, 0.3) is 0 Å². The molecule has 0 nitrogen and oxygen atoms in total. The molecule has 0 aromatic heterocycles. The predicted molar refractivity (Wildman–Crippen MR) is 151 cm³/mol. The van der Waals surface area contributed by atoms with Gasteiger partial charge < -0.3 is 0 Å². The van der Waals surface area contributed by atoms with E-state index in [1.165, 1.54) is 12.8 Å². The Bertz CT molecular complexity index is 411. The molecule has 144 valence electrons. The SMILES string of the molecule is BrC1(Br)CCCCCCC(Br)(Br)C(Br)(Br)C(Br)(Br)C(Br)(Br)C1(Br)Br. The van der Waals surface area contributed by atoms with Crippen molar-refractivity contribution in [3.63, 3.8) is 0 Å². The van der Waals surface area contributed by atoms with Crippen molar-refractivity contribution in [2.45, 2.75) is 57.9 Å². The van der Waals surface area contributed by atoms with Crippen LogP contribution in [0.3, 0.4) is 0 Å². The molecule has 0 amide bonds. The van der Waals surface area contributed by atoms with Crippen molar-refractivity contribution in [3.05, 3.63) is 0 Å². The molecular formula is C12H12Br12. The van der Waals surface area contributed by atoms with Crippen molar-refractivity contribution >= 4 is 191 Å². The van der Waals surface area contributed by atoms with Crippen LogP contribution in [0.4, 0.5) is 0 Å². The monoisotopic (exact) mass is 1100 g/mol. The van der Waals surface area contributed by atoms with Gasteiger partial charge in [0.05, 0.1) is 0 Å². The molecule has 24 heavy (non-hydrogen) atoms. The van der Waals surface area contributed by atoms with Crippen LogP contribution in [-0.4, -0.2) is 19.4 Å². The van der Waals surface area contributed by atoms with Crippen molar-refractivity contribution in [2.75, 3.05) is 0 Å². The van der Waals surface area contributed by atoms with Gasteiger partial charge in [0.25, 0.3) is 0 Å². The minimum absolute atomic E-state index is 0.413. The molecule has 12 heteroatoms. The van der Waals surface area contributed by atoms with Crippen LogP contribution in [0.15, 0.2) is 0 Å². The largest absolute Gasteiger partial charge is 0.135 e. The number of hydrogen-bond acceptors (Lipinski definition) is 0. The van der Waals surface area contributed by atoms with E-state index in [-0.39, 0.29) is 0 Å². The highest BCUT2D eigenvalue weighted by molar-refractivity contribution is 9.36. The second-order valence-electron chi connectivity index (χ2n) is 5.62. The second kappa shape index (κ2) is 9.72. The summed E-state index contributed by atoms with van der Waals surface area (Å²) in [7, 11) is 0. The minimum atomic E-state index is -0.716. The molecule has 0 radical (unpaired) electrons. The lowest BCUT2D eigenvalue weighted by molar-refractivity contribution is 0.500. The molecule has 0 aromatic rings. The highest BCUT2D eigenvalue weighted by Crippen LogP contribution is 2.74. The van der Waals surface area contributed by atoms with E-state index in [2.05, 4.69) is 191 Å². The van der Waals surface area contributed by atoms with Crippen molar-refractivity contribution in [3.8, 4) is 0 Å². The quantitative estimate of drug-likeness (QED) is 0.212. The van der Waals surface area contributed by atoms with Crippen LogP contribution in [-0.2, 0) is 0 Å². The van der Waals surface area contributed by atoms with Gasteiger partial charge in [-0.15, -0.1) is 0 Å². The van der Waals surface area contributed by atoms with E-state index in [4.69, 9.17) is 0 Å². The van der Waals surface area contributed by atoms with Gasteiger partial charge in [0.2, 0.25) is 0 Å². The molecule has 1 aliphatic carbocycles. The maximum absolute atomic E-state index is 3.90. The smallest absolute Gasteiger partial charge is 0.0701 e. The summed E-state index contributed by atoms with van der Waals surface area (Å²) in [6.45, 7) is 0. The summed E-state index contributed by atoms with van der Waals surface area (Å²) in [5.41, 5.74) is 0. The van der Waals surface area contributed by atoms with Crippen LogP contribution < -0.4 is 0 Å². The van der Waals surface area contributed by atoms with Crippen LogP contribution in [0.5, 0.6) is 0 Å². The molecule has 0 saturated heterocycles. The van der Waals surface area contributed by atoms with Crippen LogP contribution in [0.1, 0.15) is 38.5 Å². The Kier molecular flexibility index (Phi) is 11.3. The zero-order valence-corrected chi connectivity index (χ0v) is 30.8. The fourth-order valence-electron chi connectivity index (χ4n) is 2.22. The summed E-state index contributed by atoms with van der Waals surface area (Å²) in [6, 6.07) is 0. The first-order valence-corrected chi connectivity index (χ1v) is 16.2. The lowest BCUT2D eigenvalue weighted by Crippen LogP contribution is -2.64. The first kappa shape index (κ1) is 27.8. The van der Waals surface area contributed by atoms with E-state index in [9.17, 15) is 0 Å². The Morgan fingerprint density at radius 1 is 0.333 bits per heavy atom. The van der Waals surface area contributed by atoms with Gasteiger partial charge in [-0.05, 0) is 12.8 Å². The van der Waals surface area contributed by atoms with Gasteiger partial charge in [-0.2, -0.15) is 0 Å². The molecule has 0 aromatic carbocycles. The minimum Gasteiger partial charge on any atom is -0.0701 e. The summed E-state index contributed by atoms with van der Waals surface area (Å²) >= 11 is 46.6. The van der Waals surface area contributed by atoms with E-state index in [0.29, 0.717) is 0 Å². The van der Waals surface area contributed by atoms with Gasteiger partial charge in [0.1, 0.15) is 19.4 Å². The maximum Gasteiger partial charge on any atom is 0.135 e. The average Bonchev–Trinajstić information content (AvgIpc) is 2.40. The fourth-order valence-corrected chi connectivity index (χ4v) is 13.3. The second-order valence-corrected chi connectivity index (χ2v) is 26.9. The van der Waals surface area contributed by atoms with Crippen LogP contribution >= 0.6 is 191 Å². The fraction of sp³-hybridized carbons (Fsp3) is 1.00. The zero-order chi connectivity index (χ0) is 19.2. The third kappa shape index (κ3) is 5.21. The summed E-state index contributed by atoms with van der Waals surface area (Å²) in [4.78, 5) is 0. The van der Waals surface area contributed by atoms with E-state index in [1.807, 2.05) is 0 Å². The molecule has 1 rings (SSSR count). The van der Waals surface area contributed by atoms with Crippen molar-refractivity contribution in [1.29, 1.82) is 0 Å². The molecule has 0 bridgehead atoms. The summed E-state index contributed by atoms with van der Waals surface area (Å²) in [5.74, 6) is 0. The van der Waals surface area contributed by atoms with Gasteiger partial charge >= 0.3 is 0 Å². The summed E-state index contributed by atoms with van der Waals surface area (Å²) in [6.07, 6.45) is 6.43. The first-order valence-electron chi connectivity index (χ1n) is 6.72. The lowest BCUT2D eigenvalue weighted by Gasteiger charge is -2.55. The molecule has 0 unspecified atom stereocenters. The third-order valence-electron chi connectivity index (χ3n) is 3.83. The Morgan fingerprint density at radius 2 is 0.583 bits per heavy atom. The predicted octanol–water partition coefficient (Wildman–Crippen LogP) is 11.3. The third-order valence-corrected chi connectivity index (χ3v) is 28.3. The summed E-state index contributed by atoms with van der Waals surface area (Å²) in [5, 5.41) is 0. The Morgan fingerprint density at radius 3 is 0.833 bits per heavy atom. The molecule has 1 aliphatic rings. The number of hydrogen-bond donors (Lipinski definition) is 0. The Hall–Kier alpha value is 5.76. The lowest BCUT2D eigenvalue weighted by atomic mass is 10.00. The van der Waals surface area contributed by atoms with E-state index < -0.39 is 19.4 Å². The average molecular weight is 1120 g/mol. The molecule has 0 spiro atoms. The Balaban J connectivity index is 3.53. The standard InChI is InChI=1S/C12H12Br12/c13-7(14)5-3-1-2-4-6-8(15,16)10(19,20)12(23,24)11(21,22)9(7,17)18/h1-6H2. The van der Waals surface area contributed by atoms with Gasteiger partial charge in [-0.1, -0.05) is 217 Å². The zero-order valence-electron chi connectivity index (χ0n) is 11.8. The summed E-state index contributed by atoms with van der Waals surface area (Å²) < 4.78 is -3.52. The topological polar surface area (TPSA) is 0 Å². The maximum atomic E-state index is 3.90. The molecule has 0 aliphatic heterocycles. The highest BCUT2D eigenvalue weighted by atomic mass is 79.9. The number of rotatable bonds is 0. The van der Waals surface area contributed by atoms with Gasteiger partial charge in [0, 0.05) is 0 Å². The molecule has 0 heterocycles. The van der Waals surface area contributed by atoms with Crippen LogP contribution in [0, 0.1) is 0 Å². The molecule has 0 atom stereocenters. The normalized spacial score (nSPS) is 31.5. The van der Waals surface area contributed by atoms with E-state index in [0.717, 1.165) is 25.7 Å². The van der Waals surface area contributed by atoms with E-state index >= 15 is 0 Å². The molecule has 0 N–H and O–H groups in total. The van der Waals surface area contributed by atoms with Crippen molar-refractivity contribution < 1.29 is 0 Å². The number of halogens is 12. The van der Waals surface area contributed by atoms with Gasteiger partial charge in [-0.3, -0.25) is 0 Å². The molecule has 1 saturated carbocycles. The Labute approximate surface area is 244 Å². The molecular weight excluding hydrogens is 1100 g/mol. The van der Waals surface area contributed by atoms with Gasteiger partial charge in [-0.25, -0.2) is 0 Å². The van der Waals surface area contributed by atoms with Crippen molar-refractivity contribution in [2.24, 2.45) is 0 Å². The first-order chi connectivity index (χ1) is 10.5. The number of alkyl halides is 12. The van der Waals surface area contributed by atoms with E-state index in [1.54, 1.807) is 0 Å².